The molecule has 0 aromatic heterocycles. The van der Waals surface area contributed by atoms with Gasteiger partial charge in [0.2, 0.25) is 0 Å². The molecule has 0 unspecified atom stereocenters. The van der Waals surface area contributed by atoms with Crippen LogP contribution in [0.15, 0.2) is 97.1 Å². The van der Waals surface area contributed by atoms with E-state index in [1.54, 1.807) is 0 Å². The molecule has 0 fully saturated rings. The maximum absolute atomic E-state index is 5.90. The molecule has 0 spiro atoms. The number of benzene rings is 4. The minimum atomic E-state index is 0.329. The lowest BCUT2D eigenvalue weighted by Gasteiger charge is -2.26. The van der Waals surface area contributed by atoms with Gasteiger partial charge in [-0.05, 0) is 53.6 Å². The highest BCUT2D eigenvalue weighted by atomic mass is 16.5. The van der Waals surface area contributed by atoms with Crippen LogP contribution in [0.4, 0.5) is 0 Å². The molecule has 0 aliphatic rings. The van der Waals surface area contributed by atoms with Crippen LogP contribution in [0, 0.1) is 0 Å². The molecule has 0 heterocycles. The molecular weight excluding hydrogens is 354 g/mol. The lowest BCUT2D eigenvalue weighted by atomic mass is 9.98. The van der Waals surface area contributed by atoms with E-state index in [1.165, 1.54) is 27.5 Å². The molecule has 2 nitrogen and oxygen atoms in total. The number of fused-ring (bicyclic) bond motifs is 1. The Bertz CT molecular complexity index is 1050. The van der Waals surface area contributed by atoms with Gasteiger partial charge in [0.05, 0.1) is 0 Å². The average molecular weight is 382 g/mol. The van der Waals surface area contributed by atoms with Gasteiger partial charge in [0.1, 0.15) is 12.4 Å². The molecule has 0 aliphatic heterocycles. The fourth-order valence-corrected chi connectivity index (χ4v) is 3.71. The first kappa shape index (κ1) is 19.2. The zero-order valence-corrected chi connectivity index (χ0v) is 17.1. The third kappa shape index (κ3) is 4.67. The van der Waals surface area contributed by atoms with Crippen molar-refractivity contribution in [3.05, 3.63) is 114 Å². The lowest BCUT2D eigenvalue weighted by molar-refractivity contribution is 0.254. The largest absolute Gasteiger partial charge is 0.489 e. The van der Waals surface area contributed by atoms with Gasteiger partial charge < -0.3 is 4.74 Å². The summed E-state index contributed by atoms with van der Waals surface area (Å²) in [6.45, 7) is 3.76. The molecule has 4 aromatic rings. The molecule has 0 aliphatic carbocycles. The van der Waals surface area contributed by atoms with Gasteiger partial charge in [0.25, 0.3) is 0 Å². The smallest absolute Gasteiger partial charge is 0.119 e. The van der Waals surface area contributed by atoms with Crippen molar-refractivity contribution in [3.8, 4) is 5.75 Å². The second-order valence-electron chi connectivity index (χ2n) is 7.58. The predicted molar refractivity (Wildman–Crippen MR) is 121 cm³/mol. The molecule has 0 saturated carbocycles. The zero-order chi connectivity index (χ0) is 20.1. The second-order valence-corrected chi connectivity index (χ2v) is 7.58. The van der Waals surface area contributed by atoms with Crippen LogP contribution in [0.5, 0.6) is 5.75 Å². The van der Waals surface area contributed by atoms with Gasteiger partial charge in [-0.1, -0.05) is 84.9 Å². The Kier molecular flexibility index (Phi) is 5.92. The van der Waals surface area contributed by atoms with E-state index in [-0.39, 0.29) is 0 Å². The van der Waals surface area contributed by atoms with Crippen molar-refractivity contribution in [2.75, 3.05) is 7.05 Å². The minimum Gasteiger partial charge on any atom is -0.489 e. The SMILES string of the molecule is C[C@H](c1cccc2ccccc12)N(C)Cc1ccc(OCc2ccccc2)cc1. The molecule has 0 amide bonds. The van der Waals surface area contributed by atoms with Crippen LogP contribution in [-0.2, 0) is 13.2 Å². The Morgan fingerprint density at radius 2 is 1.41 bits per heavy atom. The summed E-state index contributed by atoms with van der Waals surface area (Å²) in [6, 6.07) is 34.2. The van der Waals surface area contributed by atoms with Crippen molar-refractivity contribution in [2.45, 2.75) is 26.1 Å². The Morgan fingerprint density at radius 3 is 2.21 bits per heavy atom. The van der Waals surface area contributed by atoms with Crippen molar-refractivity contribution < 1.29 is 4.74 Å². The topological polar surface area (TPSA) is 12.5 Å². The lowest BCUT2D eigenvalue weighted by Crippen LogP contribution is -2.22. The van der Waals surface area contributed by atoms with Gasteiger partial charge in [-0.2, -0.15) is 0 Å². The molecule has 146 valence electrons. The molecule has 29 heavy (non-hydrogen) atoms. The minimum absolute atomic E-state index is 0.329. The van der Waals surface area contributed by atoms with Crippen LogP contribution in [-0.4, -0.2) is 11.9 Å². The summed E-state index contributed by atoms with van der Waals surface area (Å²) in [7, 11) is 2.19. The van der Waals surface area contributed by atoms with Crippen molar-refractivity contribution in [1.29, 1.82) is 0 Å². The monoisotopic (exact) mass is 381 g/mol. The van der Waals surface area contributed by atoms with Crippen LogP contribution in [0.25, 0.3) is 10.8 Å². The van der Waals surface area contributed by atoms with Crippen LogP contribution in [0.2, 0.25) is 0 Å². The van der Waals surface area contributed by atoms with E-state index in [0.717, 1.165) is 12.3 Å². The Balaban J connectivity index is 1.40. The van der Waals surface area contributed by atoms with Crippen molar-refractivity contribution in [2.24, 2.45) is 0 Å². The van der Waals surface area contributed by atoms with Gasteiger partial charge in [0.15, 0.2) is 0 Å². The number of hydrogen-bond acceptors (Lipinski definition) is 2. The summed E-state index contributed by atoms with van der Waals surface area (Å²) < 4.78 is 5.90. The average Bonchev–Trinajstić information content (AvgIpc) is 2.78. The van der Waals surface area contributed by atoms with Gasteiger partial charge >= 0.3 is 0 Å². The van der Waals surface area contributed by atoms with Crippen LogP contribution in [0.1, 0.15) is 29.7 Å². The van der Waals surface area contributed by atoms with E-state index in [0.29, 0.717) is 12.6 Å². The first-order valence-electron chi connectivity index (χ1n) is 10.1. The highest BCUT2D eigenvalue weighted by Gasteiger charge is 2.14. The normalized spacial score (nSPS) is 12.2. The third-order valence-corrected chi connectivity index (χ3v) is 5.54. The van der Waals surface area contributed by atoms with Crippen LogP contribution >= 0.6 is 0 Å². The summed E-state index contributed by atoms with van der Waals surface area (Å²) in [5.74, 6) is 0.905. The highest BCUT2D eigenvalue weighted by Crippen LogP contribution is 2.28. The van der Waals surface area contributed by atoms with Crippen LogP contribution < -0.4 is 4.74 Å². The van der Waals surface area contributed by atoms with E-state index in [9.17, 15) is 0 Å². The summed E-state index contributed by atoms with van der Waals surface area (Å²) in [6.07, 6.45) is 0. The van der Waals surface area contributed by atoms with Gasteiger partial charge in [-0.25, -0.2) is 0 Å². The summed E-state index contributed by atoms with van der Waals surface area (Å²) in [5, 5.41) is 2.63. The van der Waals surface area contributed by atoms with Gasteiger partial charge in [0, 0.05) is 12.6 Å². The maximum atomic E-state index is 5.90. The molecule has 0 saturated heterocycles. The zero-order valence-electron chi connectivity index (χ0n) is 17.1. The van der Waals surface area contributed by atoms with Crippen LogP contribution in [0.3, 0.4) is 0 Å². The first-order chi connectivity index (χ1) is 14.2. The Morgan fingerprint density at radius 1 is 0.724 bits per heavy atom. The molecule has 1 atom stereocenters. The molecule has 0 N–H and O–H groups in total. The fraction of sp³-hybridized carbons (Fsp3) is 0.185. The summed E-state index contributed by atoms with van der Waals surface area (Å²) >= 11 is 0. The van der Waals surface area contributed by atoms with E-state index in [1.807, 2.05) is 18.2 Å². The van der Waals surface area contributed by atoms with E-state index in [2.05, 4.69) is 97.7 Å². The molecular formula is C27H27NO. The third-order valence-electron chi connectivity index (χ3n) is 5.54. The highest BCUT2D eigenvalue weighted by molar-refractivity contribution is 5.86. The van der Waals surface area contributed by atoms with E-state index >= 15 is 0 Å². The Hall–Kier alpha value is -3.10. The summed E-state index contributed by atoms with van der Waals surface area (Å²) in [5.41, 5.74) is 3.83. The number of nitrogens with zero attached hydrogens (tertiary/aromatic N) is 1. The number of rotatable bonds is 7. The van der Waals surface area contributed by atoms with Crippen molar-refractivity contribution in [1.82, 2.24) is 4.90 Å². The predicted octanol–water partition coefficient (Wildman–Crippen LogP) is 6.61. The van der Waals surface area contributed by atoms with E-state index < -0.39 is 0 Å². The number of ether oxygens (including phenoxy) is 1. The molecule has 0 radical (unpaired) electrons. The summed E-state index contributed by atoms with van der Waals surface area (Å²) in [4.78, 5) is 2.39. The molecule has 4 aromatic carbocycles. The van der Waals surface area contributed by atoms with Gasteiger partial charge in [-0.3, -0.25) is 4.90 Å². The number of hydrogen-bond donors (Lipinski definition) is 0. The molecule has 2 heteroatoms. The maximum Gasteiger partial charge on any atom is 0.119 e. The molecule has 0 bridgehead atoms. The quantitative estimate of drug-likeness (QED) is 0.357. The van der Waals surface area contributed by atoms with Crippen molar-refractivity contribution in [3.63, 3.8) is 0 Å². The fourth-order valence-electron chi connectivity index (χ4n) is 3.71. The first-order valence-corrected chi connectivity index (χ1v) is 10.1. The Labute approximate surface area is 173 Å². The standard InChI is InChI=1S/C27H27NO/c1-21(26-14-8-12-24-11-6-7-13-27(24)26)28(2)19-22-15-17-25(18-16-22)29-20-23-9-4-3-5-10-23/h3-18,21H,19-20H2,1-2H3/t21-/m1/s1. The van der Waals surface area contributed by atoms with Crippen molar-refractivity contribution >= 4 is 10.8 Å². The molecule has 4 rings (SSSR count). The van der Waals surface area contributed by atoms with E-state index in [4.69, 9.17) is 4.74 Å². The second kappa shape index (κ2) is 8.93. The van der Waals surface area contributed by atoms with Gasteiger partial charge in [-0.15, -0.1) is 0 Å².